The van der Waals surface area contributed by atoms with Gasteiger partial charge in [0, 0.05) is 19.6 Å². The predicted molar refractivity (Wildman–Crippen MR) is 74.7 cm³/mol. The molecule has 1 heterocycles. The Balaban J connectivity index is 2.72. The monoisotopic (exact) mass is 283 g/mol. The molecule has 8 heteroatoms. The second-order valence-electron chi connectivity index (χ2n) is 4.23. The molecule has 0 saturated heterocycles. The first-order chi connectivity index (χ1) is 9.54. The number of nitrogens with zero attached hydrogens (tertiary/aromatic N) is 4. The van der Waals surface area contributed by atoms with E-state index in [1.54, 1.807) is 6.92 Å². The fourth-order valence-electron chi connectivity index (χ4n) is 1.93. The van der Waals surface area contributed by atoms with Crippen molar-refractivity contribution in [2.24, 2.45) is 0 Å². The third kappa shape index (κ3) is 3.77. The summed E-state index contributed by atoms with van der Waals surface area (Å²) in [6.07, 6.45) is 1.11. The number of nitro groups is 1. The van der Waals surface area contributed by atoms with Gasteiger partial charge in [0.25, 0.3) is 5.91 Å². The van der Waals surface area contributed by atoms with Gasteiger partial charge in [0.1, 0.15) is 6.20 Å². The molecule has 0 bridgehead atoms. The number of aromatic nitrogens is 2. The second kappa shape index (κ2) is 7.59. The molecule has 0 aliphatic heterocycles. The molecular formula is C12H21N5O3. The second-order valence-corrected chi connectivity index (χ2v) is 4.23. The van der Waals surface area contributed by atoms with Crippen LogP contribution in [-0.4, -0.2) is 51.7 Å². The van der Waals surface area contributed by atoms with Crippen LogP contribution in [-0.2, 0) is 6.54 Å². The average Bonchev–Trinajstić information content (AvgIpc) is 2.87. The maximum atomic E-state index is 12.1. The van der Waals surface area contributed by atoms with E-state index in [0.29, 0.717) is 19.6 Å². The summed E-state index contributed by atoms with van der Waals surface area (Å²) < 4.78 is 1.34. The van der Waals surface area contributed by atoms with Crippen LogP contribution in [0.4, 0.5) is 5.69 Å². The predicted octanol–water partition coefficient (Wildman–Crippen LogP) is 0.883. The minimum atomic E-state index is -0.585. The van der Waals surface area contributed by atoms with E-state index in [1.807, 2.05) is 13.8 Å². The highest BCUT2D eigenvalue weighted by Crippen LogP contribution is 2.17. The lowest BCUT2D eigenvalue weighted by molar-refractivity contribution is -0.385. The van der Waals surface area contributed by atoms with E-state index in [-0.39, 0.29) is 11.4 Å². The Kier molecular flexibility index (Phi) is 6.10. The molecule has 0 aliphatic carbocycles. The van der Waals surface area contributed by atoms with Crippen molar-refractivity contribution < 1.29 is 9.72 Å². The topological polar surface area (TPSA) is 93.3 Å². The number of carbonyl (C=O) groups is 1. The molecule has 0 fully saturated rings. The molecule has 1 amide bonds. The molecule has 1 aromatic rings. The molecule has 0 saturated carbocycles. The standard InChI is InChI=1S/C12H21N5O3/c1-4-15(5-2)8-7-13-12(18)11-10(17(19)20)9-14-16(11)6-3/h9H,4-8H2,1-3H3,(H,13,18). The molecule has 0 unspecified atom stereocenters. The fraction of sp³-hybridized carbons (Fsp3) is 0.667. The summed E-state index contributed by atoms with van der Waals surface area (Å²) in [5.74, 6) is -0.455. The van der Waals surface area contributed by atoms with Crippen LogP contribution in [0.1, 0.15) is 31.3 Å². The maximum absolute atomic E-state index is 12.1. The van der Waals surface area contributed by atoms with Crippen molar-refractivity contribution in [2.45, 2.75) is 27.3 Å². The molecule has 0 spiro atoms. The number of carbonyl (C=O) groups excluding carboxylic acids is 1. The van der Waals surface area contributed by atoms with Crippen LogP contribution in [0.5, 0.6) is 0 Å². The smallest absolute Gasteiger partial charge is 0.320 e. The number of hydrogen-bond acceptors (Lipinski definition) is 5. The summed E-state index contributed by atoms with van der Waals surface area (Å²) in [6, 6.07) is 0. The van der Waals surface area contributed by atoms with E-state index in [9.17, 15) is 14.9 Å². The van der Waals surface area contributed by atoms with Gasteiger partial charge in [-0.1, -0.05) is 13.8 Å². The summed E-state index contributed by atoms with van der Waals surface area (Å²) in [6.45, 7) is 9.25. The minimum absolute atomic E-state index is 0.0112. The number of likely N-dealkylation sites (N-methyl/N-ethyl adjacent to an activating group) is 1. The van der Waals surface area contributed by atoms with E-state index < -0.39 is 10.8 Å². The largest absolute Gasteiger partial charge is 0.349 e. The van der Waals surface area contributed by atoms with Gasteiger partial charge in [-0.2, -0.15) is 5.10 Å². The van der Waals surface area contributed by atoms with Crippen LogP contribution < -0.4 is 5.32 Å². The van der Waals surface area contributed by atoms with Crippen LogP contribution in [0, 0.1) is 10.1 Å². The van der Waals surface area contributed by atoms with Crippen molar-refractivity contribution in [1.82, 2.24) is 20.0 Å². The van der Waals surface area contributed by atoms with E-state index in [0.717, 1.165) is 19.3 Å². The third-order valence-corrected chi connectivity index (χ3v) is 3.14. The molecule has 0 atom stereocenters. The Labute approximate surface area is 117 Å². The highest BCUT2D eigenvalue weighted by Gasteiger charge is 2.25. The zero-order valence-corrected chi connectivity index (χ0v) is 12.1. The molecule has 20 heavy (non-hydrogen) atoms. The summed E-state index contributed by atoms with van der Waals surface area (Å²) in [5, 5.41) is 17.5. The van der Waals surface area contributed by atoms with Gasteiger partial charge in [0.05, 0.1) is 4.92 Å². The van der Waals surface area contributed by atoms with Crippen molar-refractivity contribution in [2.75, 3.05) is 26.2 Å². The Morgan fingerprint density at radius 3 is 2.60 bits per heavy atom. The minimum Gasteiger partial charge on any atom is -0.349 e. The molecular weight excluding hydrogens is 262 g/mol. The Morgan fingerprint density at radius 1 is 1.45 bits per heavy atom. The normalized spacial score (nSPS) is 10.8. The quantitative estimate of drug-likeness (QED) is 0.564. The van der Waals surface area contributed by atoms with Crippen LogP contribution in [0.2, 0.25) is 0 Å². The van der Waals surface area contributed by atoms with Crippen molar-refractivity contribution in [3.8, 4) is 0 Å². The number of rotatable bonds is 8. The molecule has 0 radical (unpaired) electrons. The summed E-state index contributed by atoms with van der Waals surface area (Å²) in [5.41, 5.74) is -0.246. The highest BCUT2D eigenvalue weighted by molar-refractivity contribution is 5.96. The van der Waals surface area contributed by atoms with Gasteiger partial charge in [-0.3, -0.25) is 19.6 Å². The molecule has 0 aromatic carbocycles. The van der Waals surface area contributed by atoms with Gasteiger partial charge in [-0.25, -0.2) is 0 Å². The van der Waals surface area contributed by atoms with Gasteiger partial charge in [0.2, 0.25) is 5.69 Å². The lowest BCUT2D eigenvalue weighted by Crippen LogP contribution is -2.35. The number of amides is 1. The van der Waals surface area contributed by atoms with Gasteiger partial charge < -0.3 is 10.2 Å². The summed E-state index contributed by atoms with van der Waals surface area (Å²) >= 11 is 0. The van der Waals surface area contributed by atoms with E-state index in [4.69, 9.17) is 0 Å². The average molecular weight is 283 g/mol. The van der Waals surface area contributed by atoms with Gasteiger partial charge >= 0.3 is 5.69 Å². The van der Waals surface area contributed by atoms with E-state index in [2.05, 4.69) is 15.3 Å². The first-order valence-corrected chi connectivity index (χ1v) is 6.75. The summed E-state index contributed by atoms with van der Waals surface area (Å²) in [7, 11) is 0. The summed E-state index contributed by atoms with van der Waals surface area (Å²) in [4.78, 5) is 24.5. The molecule has 8 nitrogen and oxygen atoms in total. The van der Waals surface area contributed by atoms with Crippen molar-refractivity contribution in [3.63, 3.8) is 0 Å². The number of hydrogen-bond donors (Lipinski definition) is 1. The first kappa shape index (κ1) is 16.1. The Morgan fingerprint density at radius 2 is 2.10 bits per heavy atom. The van der Waals surface area contributed by atoms with Crippen LogP contribution in [0.25, 0.3) is 0 Å². The van der Waals surface area contributed by atoms with Crippen LogP contribution in [0.3, 0.4) is 0 Å². The maximum Gasteiger partial charge on any atom is 0.320 e. The molecule has 112 valence electrons. The van der Waals surface area contributed by atoms with Crippen molar-refractivity contribution in [3.05, 3.63) is 22.0 Å². The zero-order valence-electron chi connectivity index (χ0n) is 12.1. The highest BCUT2D eigenvalue weighted by atomic mass is 16.6. The Bertz CT molecular complexity index is 468. The van der Waals surface area contributed by atoms with Crippen molar-refractivity contribution >= 4 is 11.6 Å². The van der Waals surface area contributed by atoms with Gasteiger partial charge in [-0.15, -0.1) is 0 Å². The van der Waals surface area contributed by atoms with Crippen LogP contribution >= 0.6 is 0 Å². The lowest BCUT2D eigenvalue weighted by atomic mass is 10.3. The molecule has 1 aromatic heterocycles. The zero-order chi connectivity index (χ0) is 15.1. The van der Waals surface area contributed by atoms with E-state index in [1.165, 1.54) is 4.68 Å². The number of nitrogens with one attached hydrogen (secondary N) is 1. The first-order valence-electron chi connectivity index (χ1n) is 6.75. The molecule has 1 rings (SSSR count). The lowest BCUT2D eigenvalue weighted by Gasteiger charge is -2.17. The fourth-order valence-corrected chi connectivity index (χ4v) is 1.93. The Hall–Kier alpha value is -1.96. The van der Waals surface area contributed by atoms with E-state index >= 15 is 0 Å². The van der Waals surface area contributed by atoms with Crippen molar-refractivity contribution in [1.29, 1.82) is 0 Å². The SMILES string of the molecule is CCN(CC)CCNC(=O)c1c([N+](=O)[O-])cnn1CC. The van der Waals surface area contributed by atoms with Crippen LogP contribution in [0.15, 0.2) is 6.20 Å². The number of aryl methyl sites for hydroxylation is 1. The molecule has 1 N–H and O–H groups in total. The van der Waals surface area contributed by atoms with Gasteiger partial charge in [-0.05, 0) is 20.0 Å². The third-order valence-electron chi connectivity index (χ3n) is 3.14. The van der Waals surface area contributed by atoms with Gasteiger partial charge in [0.15, 0.2) is 0 Å². The molecule has 0 aliphatic rings.